The Morgan fingerprint density at radius 1 is 0.848 bits per heavy atom. The zero-order chi connectivity index (χ0) is 23.9. The number of allylic oxidation sites excluding steroid dienone is 3. The van der Waals surface area contributed by atoms with Crippen LogP contribution in [-0.4, -0.2) is 5.11 Å². The molecule has 0 aromatic heterocycles. The molecule has 0 aliphatic carbocycles. The number of unbranched alkanes of at least 4 members (excludes halogenated alkanes) is 9. The van der Waals surface area contributed by atoms with Crippen LogP contribution >= 0.6 is 0 Å². The van der Waals surface area contributed by atoms with Gasteiger partial charge in [0.2, 0.25) is 0 Å². The van der Waals surface area contributed by atoms with Crippen molar-refractivity contribution in [1.82, 2.24) is 0 Å². The van der Waals surface area contributed by atoms with Gasteiger partial charge in [0.25, 0.3) is 0 Å². The van der Waals surface area contributed by atoms with Gasteiger partial charge in [-0.15, -0.1) is 0 Å². The molecule has 0 aliphatic heterocycles. The summed E-state index contributed by atoms with van der Waals surface area (Å²) in [4.78, 5) is 0. The molecular weight excluding hydrogens is 400 g/mol. The van der Waals surface area contributed by atoms with E-state index in [9.17, 15) is 0 Å². The lowest BCUT2D eigenvalue weighted by Gasteiger charge is -2.10. The molecule has 1 atom stereocenters. The maximum absolute atomic E-state index is 9.08. The highest BCUT2D eigenvalue weighted by molar-refractivity contribution is 5.85. The van der Waals surface area contributed by atoms with E-state index in [1.807, 2.05) is 6.08 Å². The molecule has 0 bridgehead atoms. The molecule has 1 heteroatoms. The van der Waals surface area contributed by atoms with Crippen LogP contribution in [0.15, 0.2) is 67.0 Å². The molecular formula is C32H46O. The van der Waals surface area contributed by atoms with Crippen LogP contribution in [-0.2, 0) is 6.42 Å². The summed E-state index contributed by atoms with van der Waals surface area (Å²) in [6.45, 7) is 12.0. The second-order valence-electron chi connectivity index (χ2n) is 9.70. The van der Waals surface area contributed by atoms with Crippen molar-refractivity contribution in [1.29, 1.82) is 0 Å². The van der Waals surface area contributed by atoms with Crippen molar-refractivity contribution in [2.45, 2.75) is 97.3 Å². The predicted octanol–water partition coefficient (Wildman–Crippen LogP) is 10.4. The van der Waals surface area contributed by atoms with Gasteiger partial charge in [-0.05, 0) is 65.1 Å². The van der Waals surface area contributed by atoms with Gasteiger partial charge in [-0.25, -0.2) is 0 Å². The smallest absolute Gasteiger partial charge is 0.0851 e. The molecule has 0 aliphatic rings. The molecule has 180 valence electrons. The average Bonchev–Trinajstić information content (AvgIpc) is 2.82. The number of fused-ring (bicyclic) bond motifs is 1. The summed E-state index contributed by atoms with van der Waals surface area (Å²) in [7, 11) is 0. The highest BCUT2D eigenvalue weighted by Crippen LogP contribution is 2.23. The van der Waals surface area contributed by atoms with E-state index in [1.54, 1.807) is 0 Å². The Morgan fingerprint density at radius 2 is 1.42 bits per heavy atom. The molecule has 0 spiro atoms. The fourth-order valence-corrected chi connectivity index (χ4v) is 4.46. The normalized spacial score (nSPS) is 12.7. The Labute approximate surface area is 203 Å². The number of rotatable bonds is 17. The van der Waals surface area contributed by atoms with Crippen LogP contribution in [0, 0.1) is 5.92 Å². The summed E-state index contributed by atoms with van der Waals surface area (Å²) in [5, 5.41) is 11.7. The van der Waals surface area contributed by atoms with Crippen molar-refractivity contribution >= 4 is 16.8 Å². The van der Waals surface area contributed by atoms with E-state index < -0.39 is 0 Å². The molecule has 2 aromatic rings. The third kappa shape index (κ3) is 10.5. The summed E-state index contributed by atoms with van der Waals surface area (Å²) < 4.78 is 0. The highest BCUT2D eigenvalue weighted by Gasteiger charge is 2.04. The Kier molecular flexibility index (Phi) is 12.7. The molecule has 0 amide bonds. The zero-order valence-electron chi connectivity index (χ0n) is 21.2. The largest absolute Gasteiger partial charge is 0.513 e. The van der Waals surface area contributed by atoms with E-state index in [0.717, 1.165) is 19.3 Å². The van der Waals surface area contributed by atoms with Gasteiger partial charge >= 0.3 is 0 Å². The van der Waals surface area contributed by atoms with E-state index >= 15 is 0 Å². The maximum atomic E-state index is 9.08. The van der Waals surface area contributed by atoms with Crippen LogP contribution in [0.4, 0.5) is 0 Å². The third-order valence-corrected chi connectivity index (χ3v) is 6.86. The Hall–Kier alpha value is -2.28. The van der Waals surface area contributed by atoms with E-state index in [0.29, 0.717) is 11.7 Å². The maximum Gasteiger partial charge on any atom is 0.0851 e. The Balaban J connectivity index is 1.67. The molecule has 2 rings (SSSR count). The Morgan fingerprint density at radius 3 is 2.03 bits per heavy atom. The molecule has 0 fully saturated rings. The molecule has 1 nitrogen and oxygen atoms in total. The minimum Gasteiger partial charge on any atom is -0.513 e. The van der Waals surface area contributed by atoms with Gasteiger partial charge in [0.1, 0.15) is 0 Å². The van der Waals surface area contributed by atoms with Gasteiger partial charge < -0.3 is 5.11 Å². The van der Waals surface area contributed by atoms with Gasteiger partial charge in [-0.2, -0.15) is 0 Å². The van der Waals surface area contributed by atoms with Gasteiger partial charge in [-0.1, -0.05) is 121 Å². The first kappa shape index (κ1) is 27.0. The first-order valence-corrected chi connectivity index (χ1v) is 13.3. The number of aliphatic hydroxyl groups excluding tert-OH is 1. The minimum atomic E-state index is 0.333. The van der Waals surface area contributed by atoms with Crippen molar-refractivity contribution in [3.63, 3.8) is 0 Å². The number of hydrogen-bond acceptors (Lipinski definition) is 1. The highest BCUT2D eigenvalue weighted by atomic mass is 16.3. The minimum absolute atomic E-state index is 0.333. The molecule has 0 saturated carbocycles. The summed E-state index contributed by atoms with van der Waals surface area (Å²) in [5.74, 6) is 0.879. The molecule has 1 unspecified atom stereocenters. The van der Waals surface area contributed by atoms with E-state index in [1.165, 1.54) is 91.7 Å². The van der Waals surface area contributed by atoms with Gasteiger partial charge in [0, 0.05) is 6.42 Å². The van der Waals surface area contributed by atoms with Gasteiger partial charge in [0.15, 0.2) is 0 Å². The van der Waals surface area contributed by atoms with Crippen molar-refractivity contribution < 1.29 is 5.11 Å². The summed E-state index contributed by atoms with van der Waals surface area (Å²) >= 11 is 0. The lowest BCUT2D eigenvalue weighted by atomic mass is 9.95. The van der Waals surface area contributed by atoms with Gasteiger partial charge in [0.05, 0.1) is 5.76 Å². The van der Waals surface area contributed by atoms with Crippen LogP contribution in [0.3, 0.4) is 0 Å². The van der Waals surface area contributed by atoms with Crippen molar-refractivity contribution in [3.8, 4) is 0 Å². The van der Waals surface area contributed by atoms with Crippen molar-refractivity contribution in [2.24, 2.45) is 5.92 Å². The topological polar surface area (TPSA) is 20.2 Å². The standard InChI is InChI=1S/C32H46O/c1-5-26(3)30(6-2)24-29-20-22-31-23-28(19-21-32(31)25-29)18-16-14-12-10-8-7-9-11-13-15-17-27(4)33/h6,19-26,33H,2,4-5,7-18H2,1,3H3/b30-24-. The number of hydrogen-bond donors (Lipinski definition) is 1. The predicted molar refractivity (Wildman–Crippen MR) is 148 cm³/mol. The van der Waals surface area contributed by atoms with E-state index in [2.05, 4.69) is 69.5 Å². The summed E-state index contributed by atoms with van der Waals surface area (Å²) in [6, 6.07) is 13.8. The summed E-state index contributed by atoms with van der Waals surface area (Å²) in [6.07, 6.45) is 20.4. The monoisotopic (exact) mass is 446 g/mol. The lowest BCUT2D eigenvalue weighted by Crippen LogP contribution is -1.94. The first-order valence-electron chi connectivity index (χ1n) is 13.3. The number of aryl methyl sites for hydroxylation is 1. The molecule has 0 saturated heterocycles. The SMILES string of the molecule is C=C/C(=C/c1ccc2cc(CCCCCCCCCCCCC(=C)O)ccc2c1)C(C)CC. The molecule has 0 heterocycles. The fourth-order valence-electron chi connectivity index (χ4n) is 4.46. The second-order valence-corrected chi connectivity index (χ2v) is 9.70. The number of benzene rings is 2. The van der Waals surface area contributed by atoms with Crippen LogP contribution in [0.5, 0.6) is 0 Å². The molecule has 0 radical (unpaired) electrons. The van der Waals surface area contributed by atoms with E-state index in [4.69, 9.17) is 5.11 Å². The first-order chi connectivity index (χ1) is 16.0. The van der Waals surface area contributed by atoms with Crippen molar-refractivity contribution in [3.05, 3.63) is 78.1 Å². The zero-order valence-corrected chi connectivity index (χ0v) is 21.2. The van der Waals surface area contributed by atoms with Crippen LogP contribution in [0.2, 0.25) is 0 Å². The molecule has 33 heavy (non-hydrogen) atoms. The summed E-state index contributed by atoms with van der Waals surface area (Å²) in [5.41, 5.74) is 4.04. The molecule has 1 N–H and O–H groups in total. The second kappa shape index (κ2) is 15.5. The van der Waals surface area contributed by atoms with E-state index in [-0.39, 0.29) is 0 Å². The van der Waals surface area contributed by atoms with Crippen molar-refractivity contribution in [2.75, 3.05) is 0 Å². The quantitative estimate of drug-likeness (QED) is 0.145. The van der Waals surface area contributed by atoms with Crippen LogP contribution in [0.25, 0.3) is 16.8 Å². The number of aliphatic hydroxyl groups is 1. The Bertz CT molecular complexity index is 889. The molecule has 2 aromatic carbocycles. The van der Waals surface area contributed by atoms with Crippen LogP contribution < -0.4 is 0 Å². The fraction of sp³-hybridized carbons (Fsp3) is 0.500. The third-order valence-electron chi connectivity index (χ3n) is 6.86. The average molecular weight is 447 g/mol. The van der Waals surface area contributed by atoms with Gasteiger partial charge in [-0.3, -0.25) is 0 Å². The van der Waals surface area contributed by atoms with Crippen LogP contribution in [0.1, 0.15) is 102 Å². The lowest BCUT2D eigenvalue weighted by molar-refractivity contribution is 0.383.